The molecular formula is C22H27FN4O. The summed E-state index contributed by atoms with van der Waals surface area (Å²) >= 11 is 0. The molecule has 3 rings (SSSR count). The Balaban J connectivity index is 1.67. The molecule has 28 heavy (non-hydrogen) atoms. The van der Waals surface area contributed by atoms with Crippen LogP contribution in [0.3, 0.4) is 0 Å². The number of carbonyl (C=O) groups excluding carboxylic acids is 1. The molecule has 2 amide bonds. The van der Waals surface area contributed by atoms with Crippen molar-refractivity contribution in [3.05, 3.63) is 71.8 Å². The number of likely N-dealkylation sites (tertiary alicyclic amines) is 1. The number of halogens is 1. The Kier molecular flexibility index (Phi) is 6.76. The zero-order chi connectivity index (χ0) is 19.9. The van der Waals surface area contributed by atoms with Gasteiger partial charge in [-0.2, -0.15) is 0 Å². The minimum atomic E-state index is -0.373. The second-order valence-electron chi connectivity index (χ2n) is 7.23. The Morgan fingerprint density at radius 1 is 1.29 bits per heavy atom. The van der Waals surface area contributed by atoms with Gasteiger partial charge in [0.2, 0.25) is 0 Å². The minimum Gasteiger partial charge on any atom is -0.334 e. The highest BCUT2D eigenvalue weighted by Crippen LogP contribution is 2.18. The fourth-order valence-corrected chi connectivity index (χ4v) is 3.40. The van der Waals surface area contributed by atoms with E-state index in [1.165, 1.54) is 12.3 Å². The van der Waals surface area contributed by atoms with Crippen LogP contribution in [0.1, 0.15) is 29.7 Å². The SMILES string of the molecule is C=Cc1ccc(CNC(=O)N(Cc2ccc(F)cn2)C2CCN(C)CC2)cc1. The molecule has 1 fully saturated rings. The van der Waals surface area contributed by atoms with E-state index in [1.807, 2.05) is 29.2 Å². The first kappa shape index (κ1) is 20.0. The largest absolute Gasteiger partial charge is 0.334 e. The lowest BCUT2D eigenvalue weighted by molar-refractivity contribution is 0.126. The average Bonchev–Trinajstić information content (AvgIpc) is 2.73. The lowest BCUT2D eigenvalue weighted by Gasteiger charge is -2.37. The van der Waals surface area contributed by atoms with Crippen molar-refractivity contribution in [1.29, 1.82) is 0 Å². The second kappa shape index (κ2) is 9.46. The Labute approximate surface area is 165 Å². The molecule has 0 atom stereocenters. The van der Waals surface area contributed by atoms with Crippen LogP contribution in [0.4, 0.5) is 9.18 Å². The summed E-state index contributed by atoms with van der Waals surface area (Å²) in [4.78, 5) is 21.2. The van der Waals surface area contributed by atoms with Crippen LogP contribution in [-0.4, -0.2) is 47.0 Å². The van der Waals surface area contributed by atoms with Crippen molar-refractivity contribution in [1.82, 2.24) is 20.1 Å². The number of benzene rings is 1. The molecule has 1 aromatic carbocycles. The van der Waals surface area contributed by atoms with Gasteiger partial charge in [-0.1, -0.05) is 36.9 Å². The molecule has 2 aromatic rings. The summed E-state index contributed by atoms with van der Waals surface area (Å²) < 4.78 is 13.2. The van der Waals surface area contributed by atoms with E-state index in [0.717, 1.165) is 37.1 Å². The van der Waals surface area contributed by atoms with Gasteiger partial charge < -0.3 is 15.1 Å². The van der Waals surface area contributed by atoms with Crippen molar-refractivity contribution in [2.24, 2.45) is 0 Å². The zero-order valence-corrected chi connectivity index (χ0v) is 16.3. The highest BCUT2D eigenvalue weighted by molar-refractivity contribution is 5.74. The van der Waals surface area contributed by atoms with Crippen molar-refractivity contribution in [2.45, 2.75) is 32.0 Å². The molecule has 0 spiro atoms. The maximum absolute atomic E-state index is 13.2. The number of piperidine rings is 1. The van der Waals surface area contributed by atoms with Crippen molar-refractivity contribution < 1.29 is 9.18 Å². The average molecular weight is 382 g/mol. The van der Waals surface area contributed by atoms with E-state index < -0.39 is 0 Å². The predicted molar refractivity (Wildman–Crippen MR) is 109 cm³/mol. The van der Waals surface area contributed by atoms with Crippen LogP contribution >= 0.6 is 0 Å². The van der Waals surface area contributed by atoms with Crippen LogP contribution in [0.15, 0.2) is 49.2 Å². The van der Waals surface area contributed by atoms with Crippen LogP contribution in [0.2, 0.25) is 0 Å². The van der Waals surface area contributed by atoms with Gasteiger partial charge in [0.25, 0.3) is 0 Å². The van der Waals surface area contributed by atoms with E-state index >= 15 is 0 Å². The van der Waals surface area contributed by atoms with Crippen molar-refractivity contribution in [3.63, 3.8) is 0 Å². The summed E-state index contributed by atoms with van der Waals surface area (Å²) in [7, 11) is 2.09. The number of aromatic nitrogens is 1. The third-order valence-electron chi connectivity index (χ3n) is 5.17. The Morgan fingerprint density at radius 2 is 2.00 bits per heavy atom. The van der Waals surface area contributed by atoms with Gasteiger partial charge in [0, 0.05) is 12.6 Å². The fraction of sp³-hybridized carbons (Fsp3) is 0.364. The summed E-state index contributed by atoms with van der Waals surface area (Å²) in [6, 6.07) is 11.0. The number of hydrogen-bond acceptors (Lipinski definition) is 3. The van der Waals surface area contributed by atoms with Gasteiger partial charge in [0.15, 0.2) is 0 Å². The topological polar surface area (TPSA) is 48.5 Å². The predicted octanol–water partition coefficient (Wildman–Crippen LogP) is 3.67. The van der Waals surface area contributed by atoms with Gasteiger partial charge >= 0.3 is 6.03 Å². The van der Waals surface area contributed by atoms with E-state index in [0.29, 0.717) is 18.8 Å². The Morgan fingerprint density at radius 3 is 2.61 bits per heavy atom. The molecule has 0 radical (unpaired) electrons. The van der Waals surface area contributed by atoms with Gasteiger partial charge in [-0.25, -0.2) is 9.18 Å². The van der Waals surface area contributed by atoms with Crippen LogP contribution < -0.4 is 5.32 Å². The van der Waals surface area contributed by atoms with E-state index in [4.69, 9.17) is 0 Å². The molecule has 5 nitrogen and oxygen atoms in total. The van der Waals surface area contributed by atoms with E-state index in [1.54, 1.807) is 12.1 Å². The first-order valence-electron chi connectivity index (χ1n) is 9.60. The summed E-state index contributed by atoms with van der Waals surface area (Å²) in [5, 5.41) is 3.02. The smallest absolute Gasteiger partial charge is 0.318 e. The number of rotatable bonds is 6. The molecule has 1 aromatic heterocycles. The van der Waals surface area contributed by atoms with E-state index in [-0.39, 0.29) is 17.9 Å². The molecule has 0 saturated carbocycles. The number of pyridine rings is 1. The molecule has 0 unspecified atom stereocenters. The quantitative estimate of drug-likeness (QED) is 0.829. The summed E-state index contributed by atoms with van der Waals surface area (Å²) in [6.07, 6.45) is 4.82. The van der Waals surface area contributed by atoms with Crippen molar-refractivity contribution in [3.8, 4) is 0 Å². The monoisotopic (exact) mass is 382 g/mol. The lowest BCUT2D eigenvalue weighted by atomic mass is 10.0. The van der Waals surface area contributed by atoms with Crippen molar-refractivity contribution in [2.75, 3.05) is 20.1 Å². The van der Waals surface area contributed by atoms with Crippen molar-refractivity contribution >= 4 is 12.1 Å². The highest BCUT2D eigenvalue weighted by Gasteiger charge is 2.27. The van der Waals surface area contributed by atoms with Crippen LogP contribution in [-0.2, 0) is 13.1 Å². The van der Waals surface area contributed by atoms with Gasteiger partial charge in [0.1, 0.15) is 5.82 Å². The van der Waals surface area contributed by atoms with E-state index in [2.05, 4.69) is 28.8 Å². The summed E-state index contributed by atoms with van der Waals surface area (Å²) in [6.45, 7) is 6.48. The Bertz CT molecular complexity index is 783. The maximum atomic E-state index is 13.2. The molecule has 0 aliphatic carbocycles. The second-order valence-corrected chi connectivity index (χ2v) is 7.23. The lowest BCUT2D eigenvalue weighted by Crippen LogP contribution is -2.49. The molecule has 1 saturated heterocycles. The van der Waals surface area contributed by atoms with Crippen LogP contribution in [0.5, 0.6) is 0 Å². The number of hydrogen-bond donors (Lipinski definition) is 1. The molecule has 1 aliphatic heterocycles. The maximum Gasteiger partial charge on any atom is 0.318 e. The van der Waals surface area contributed by atoms with Crippen LogP contribution in [0, 0.1) is 5.82 Å². The first-order chi connectivity index (χ1) is 13.5. The van der Waals surface area contributed by atoms with Gasteiger partial charge in [-0.05, 0) is 56.2 Å². The van der Waals surface area contributed by atoms with E-state index in [9.17, 15) is 9.18 Å². The van der Waals surface area contributed by atoms with Gasteiger partial charge in [0.05, 0.1) is 18.4 Å². The summed E-state index contributed by atoms with van der Waals surface area (Å²) in [5.41, 5.74) is 2.76. The molecule has 1 aliphatic rings. The van der Waals surface area contributed by atoms with Gasteiger partial charge in [-0.15, -0.1) is 0 Å². The van der Waals surface area contributed by atoms with Crippen LogP contribution in [0.25, 0.3) is 6.08 Å². The third-order valence-corrected chi connectivity index (χ3v) is 5.17. The highest BCUT2D eigenvalue weighted by atomic mass is 19.1. The number of carbonyl (C=O) groups is 1. The van der Waals surface area contributed by atoms with Gasteiger partial charge in [-0.3, -0.25) is 4.98 Å². The first-order valence-corrected chi connectivity index (χ1v) is 9.60. The normalized spacial score (nSPS) is 15.2. The number of nitrogens with one attached hydrogen (secondary N) is 1. The number of nitrogens with zero attached hydrogens (tertiary/aromatic N) is 3. The molecular weight excluding hydrogens is 355 g/mol. The number of urea groups is 1. The fourth-order valence-electron chi connectivity index (χ4n) is 3.40. The third kappa shape index (κ3) is 5.39. The molecule has 2 heterocycles. The molecule has 0 bridgehead atoms. The minimum absolute atomic E-state index is 0.117. The Hall–Kier alpha value is -2.73. The molecule has 6 heteroatoms. The molecule has 148 valence electrons. The number of amides is 2. The zero-order valence-electron chi connectivity index (χ0n) is 16.3. The standard InChI is InChI=1S/C22H27FN4O/c1-3-17-4-6-18(7-5-17)14-25-22(28)27(21-10-12-26(2)13-11-21)16-20-9-8-19(23)15-24-20/h3-9,15,21H,1,10-14,16H2,2H3,(H,25,28). The molecule has 1 N–H and O–H groups in total. The summed E-state index contributed by atoms with van der Waals surface area (Å²) in [5.74, 6) is -0.373.